The third kappa shape index (κ3) is 3.11. The molecule has 0 fully saturated rings. The van der Waals surface area contributed by atoms with Gasteiger partial charge in [0.25, 0.3) is 5.91 Å². The van der Waals surface area contributed by atoms with Gasteiger partial charge in [0.15, 0.2) is 0 Å². The molecular formula is C14H16ClN3OS. The van der Waals surface area contributed by atoms with Crippen molar-refractivity contribution < 1.29 is 4.79 Å². The standard InChI is InChI=1S/C14H16ClN3OS/c1-7-13(20-9(3)17-7)8(2)18-14(19)11-6-10(15)4-5-12(11)16/h4-6,8H,16H2,1-3H3,(H,18,19). The lowest BCUT2D eigenvalue weighted by atomic mass is 10.1. The fourth-order valence-electron chi connectivity index (χ4n) is 2.01. The van der Waals surface area contributed by atoms with E-state index in [1.54, 1.807) is 29.5 Å². The summed E-state index contributed by atoms with van der Waals surface area (Å²) in [5.74, 6) is -0.233. The number of nitrogens with zero attached hydrogens (tertiary/aromatic N) is 1. The Kier molecular flexibility index (Phi) is 4.30. The van der Waals surface area contributed by atoms with Crippen LogP contribution in [0.4, 0.5) is 5.69 Å². The van der Waals surface area contributed by atoms with Gasteiger partial charge >= 0.3 is 0 Å². The van der Waals surface area contributed by atoms with Gasteiger partial charge < -0.3 is 11.1 Å². The molecule has 0 aliphatic heterocycles. The highest BCUT2D eigenvalue weighted by molar-refractivity contribution is 7.11. The van der Waals surface area contributed by atoms with Crippen LogP contribution in [0.2, 0.25) is 5.02 Å². The van der Waals surface area contributed by atoms with Gasteiger partial charge in [-0.3, -0.25) is 4.79 Å². The summed E-state index contributed by atoms with van der Waals surface area (Å²) in [7, 11) is 0. The number of hydrogen-bond acceptors (Lipinski definition) is 4. The number of nitrogen functional groups attached to an aromatic ring is 1. The molecule has 1 heterocycles. The molecule has 0 saturated carbocycles. The molecule has 2 aromatic rings. The highest BCUT2D eigenvalue weighted by Gasteiger charge is 2.17. The molecule has 0 saturated heterocycles. The van der Waals surface area contributed by atoms with Gasteiger partial charge in [-0.25, -0.2) is 4.98 Å². The Bertz CT molecular complexity index is 654. The minimum atomic E-state index is -0.233. The summed E-state index contributed by atoms with van der Waals surface area (Å²) < 4.78 is 0. The van der Waals surface area contributed by atoms with Crippen molar-refractivity contribution in [2.24, 2.45) is 0 Å². The number of carbonyl (C=O) groups is 1. The second-order valence-electron chi connectivity index (χ2n) is 4.61. The lowest BCUT2D eigenvalue weighted by Gasteiger charge is -2.14. The number of hydrogen-bond donors (Lipinski definition) is 2. The molecule has 1 atom stereocenters. The van der Waals surface area contributed by atoms with Crippen LogP contribution in [-0.4, -0.2) is 10.9 Å². The smallest absolute Gasteiger partial charge is 0.253 e. The molecule has 106 valence electrons. The van der Waals surface area contributed by atoms with Gasteiger partial charge in [-0.1, -0.05) is 11.6 Å². The molecule has 1 unspecified atom stereocenters. The Morgan fingerprint density at radius 1 is 1.45 bits per heavy atom. The Labute approximate surface area is 127 Å². The number of anilines is 1. The van der Waals surface area contributed by atoms with E-state index < -0.39 is 0 Å². The largest absolute Gasteiger partial charge is 0.398 e. The van der Waals surface area contributed by atoms with E-state index in [0.717, 1.165) is 15.6 Å². The summed E-state index contributed by atoms with van der Waals surface area (Å²) in [5, 5.41) is 4.40. The molecular weight excluding hydrogens is 294 g/mol. The van der Waals surface area contributed by atoms with Gasteiger partial charge in [0, 0.05) is 15.6 Å². The zero-order valence-corrected chi connectivity index (χ0v) is 13.1. The topological polar surface area (TPSA) is 68.0 Å². The third-order valence-corrected chi connectivity index (χ3v) is 4.43. The minimum absolute atomic E-state index is 0.118. The van der Waals surface area contributed by atoms with Crippen molar-refractivity contribution in [1.29, 1.82) is 0 Å². The number of nitrogens with two attached hydrogens (primary N) is 1. The van der Waals surface area contributed by atoms with Crippen LogP contribution in [0.25, 0.3) is 0 Å². The Hall–Kier alpha value is -1.59. The predicted molar refractivity (Wildman–Crippen MR) is 83.3 cm³/mol. The first-order valence-electron chi connectivity index (χ1n) is 6.18. The van der Waals surface area contributed by atoms with Crippen molar-refractivity contribution in [1.82, 2.24) is 10.3 Å². The van der Waals surface area contributed by atoms with Crippen molar-refractivity contribution in [2.45, 2.75) is 26.8 Å². The van der Waals surface area contributed by atoms with Crippen LogP contribution >= 0.6 is 22.9 Å². The molecule has 0 aliphatic carbocycles. The molecule has 0 radical (unpaired) electrons. The predicted octanol–water partition coefficient (Wildman–Crippen LogP) is 3.49. The van der Waals surface area contributed by atoms with Crippen LogP contribution in [0.1, 0.15) is 38.9 Å². The fraction of sp³-hybridized carbons (Fsp3) is 0.286. The van der Waals surface area contributed by atoms with Crippen LogP contribution in [0.15, 0.2) is 18.2 Å². The van der Waals surface area contributed by atoms with Crippen molar-refractivity contribution in [2.75, 3.05) is 5.73 Å². The molecule has 0 aliphatic rings. The highest BCUT2D eigenvalue weighted by atomic mass is 35.5. The van der Waals surface area contributed by atoms with Crippen molar-refractivity contribution in [3.05, 3.63) is 44.4 Å². The number of carbonyl (C=O) groups excluding carboxylic acids is 1. The Balaban J connectivity index is 2.19. The lowest BCUT2D eigenvalue weighted by molar-refractivity contribution is 0.0941. The Morgan fingerprint density at radius 3 is 2.75 bits per heavy atom. The van der Waals surface area contributed by atoms with Gasteiger partial charge in [-0.15, -0.1) is 11.3 Å². The first-order chi connectivity index (χ1) is 9.38. The summed E-state index contributed by atoms with van der Waals surface area (Å²) in [6.45, 7) is 5.82. The average Bonchev–Trinajstić information content (AvgIpc) is 2.71. The third-order valence-electron chi connectivity index (χ3n) is 2.94. The highest BCUT2D eigenvalue weighted by Crippen LogP contribution is 2.25. The SMILES string of the molecule is Cc1nc(C)c(C(C)NC(=O)c2cc(Cl)ccc2N)s1. The van der Waals surface area contributed by atoms with E-state index in [1.165, 1.54) is 0 Å². The molecule has 4 nitrogen and oxygen atoms in total. The number of benzene rings is 1. The molecule has 3 N–H and O–H groups in total. The average molecular weight is 310 g/mol. The maximum absolute atomic E-state index is 12.3. The number of aryl methyl sites for hydroxylation is 2. The van der Waals surface area contributed by atoms with E-state index >= 15 is 0 Å². The van der Waals surface area contributed by atoms with E-state index in [-0.39, 0.29) is 11.9 Å². The summed E-state index contributed by atoms with van der Waals surface area (Å²) in [5.41, 5.74) is 7.56. The van der Waals surface area contributed by atoms with Gasteiger partial charge in [0.2, 0.25) is 0 Å². The van der Waals surface area contributed by atoms with E-state index in [0.29, 0.717) is 16.3 Å². The lowest BCUT2D eigenvalue weighted by Crippen LogP contribution is -2.27. The van der Waals surface area contributed by atoms with Crippen LogP contribution in [0.3, 0.4) is 0 Å². The molecule has 1 amide bonds. The number of halogens is 1. The first-order valence-corrected chi connectivity index (χ1v) is 7.37. The zero-order valence-electron chi connectivity index (χ0n) is 11.5. The van der Waals surface area contributed by atoms with Gasteiger partial charge in [0.1, 0.15) is 0 Å². The van der Waals surface area contributed by atoms with Crippen LogP contribution < -0.4 is 11.1 Å². The van der Waals surface area contributed by atoms with E-state index in [9.17, 15) is 4.79 Å². The molecule has 2 rings (SSSR count). The normalized spacial score (nSPS) is 12.2. The first kappa shape index (κ1) is 14.8. The number of aromatic nitrogens is 1. The zero-order chi connectivity index (χ0) is 14.9. The van der Waals surface area contributed by atoms with Crippen LogP contribution in [-0.2, 0) is 0 Å². The summed E-state index contributed by atoms with van der Waals surface area (Å²) >= 11 is 7.48. The van der Waals surface area contributed by atoms with Crippen molar-refractivity contribution >= 4 is 34.5 Å². The van der Waals surface area contributed by atoms with Crippen LogP contribution in [0, 0.1) is 13.8 Å². The van der Waals surface area contributed by atoms with E-state index in [1.807, 2.05) is 20.8 Å². The fourth-order valence-corrected chi connectivity index (χ4v) is 3.12. The second-order valence-corrected chi connectivity index (χ2v) is 6.28. The molecule has 0 bridgehead atoms. The van der Waals surface area contributed by atoms with Gasteiger partial charge in [0.05, 0.1) is 22.3 Å². The van der Waals surface area contributed by atoms with Crippen molar-refractivity contribution in [3.8, 4) is 0 Å². The summed E-state index contributed by atoms with van der Waals surface area (Å²) in [4.78, 5) is 17.7. The van der Waals surface area contributed by atoms with Gasteiger partial charge in [-0.05, 0) is 39.0 Å². The van der Waals surface area contributed by atoms with E-state index in [4.69, 9.17) is 17.3 Å². The summed E-state index contributed by atoms with van der Waals surface area (Å²) in [6, 6.07) is 4.74. The molecule has 1 aromatic heterocycles. The van der Waals surface area contributed by atoms with Gasteiger partial charge in [-0.2, -0.15) is 0 Å². The molecule has 1 aromatic carbocycles. The minimum Gasteiger partial charge on any atom is -0.398 e. The van der Waals surface area contributed by atoms with Crippen LogP contribution in [0.5, 0.6) is 0 Å². The quantitative estimate of drug-likeness (QED) is 0.853. The molecule has 0 spiro atoms. The summed E-state index contributed by atoms with van der Waals surface area (Å²) in [6.07, 6.45) is 0. The number of rotatable bonds is 3. The number of thiazole rings is 1. The van der Waals surface area contributed by atoms with E-state index in [2.05, 4.69) is 10.3 Å². The maximum atomic E-state index is 12.3. The van der Waals surface area contributed by atoms with Crippen molar-refractivity contribution in [3.63, 3.8) is 0 Å². The maximum Gasteiger partial charge on any atom is 0.253 e. The second kappa shape index (κ2) is 5.81. The monoisotopic (exact) mass is 309 g/mol. The number of amides is 1. The number of nitrogens with one attached hydrogen (secondary N) is 1. The Morgan fingerprint density at radius 2 is 2.15 bits per heavy atom. The molecule has 20 heavy (non-hydrogen) atoms. The molecule has 6 heteroatoms.